The van der Waals surface area contributed by atoms with Crippen LogP contribution in [0.1, 0.15) is 24.4 Å². The first kappa shape index (κ1) is 18.8. The monoisotopic (exact) mass is 379 g/mol. The van der Waals surface area contributed by atoms with Crippen molar-refractivity contribution >= 4 is 16.6 Å². The number of carbonyl (C=O) groups excluding carboxylic acids is 1. The van der Waals surface area contributed by atoms with Gasteiger partial charge in [-0.25, -0.2) is 4.98 Å². The van der Waals surface area contributed by atoms with E-state index in [1.165, 1.54) is 0 Å². The second-order valence-corrected chi connectivity index (χ2v) is 7.41. The number of pyridine rings is 1. The molecule has 1 fully saturated rings. The Morgan fingerprint density at radius 3 is 2.71 bits per heavy atom. The number of Topliss-reactive ketones (excluding diaryl/α,β-unsaturated/α-hetero) is 1. The number of likely N-dealkylation sites (tertiary alicyclic amines) is 1. The Bertz CT molecular complexity index is 974. The molecule has 0 unspecified atom stereocenters. The van der Waals surface area contributed by atoms with E-state index in [9.17, 15) is 4.79 Å². The summed E-state index contributed by atoms with van der Waals surface area (Å²) in [5.41, 5.74) is 1.77. The van der Waals surface area contributed by atoms with Gasteiger partial charge in [-0.3, -0.25) is 14.7 Å². The second-order valence-electron chi connectivity index (χ2n) is 7.41. The van der Waals surface area contributed by atoms with Crippen LogP contribution in [0.4, 0.5) is 0 Å². The molecule has 0 atom stereocenters. The van der Waals surface area contributed by atoms with E-state index in [1.807, 2.05) is 31.3 Å². The van der Waals surface area contributed by atoms with Gasteiger partial charge >= 0.3 is 0 Å². The summed E-state index contributed by atoms with van der Waals surface area (Å²) in [6.45, 7) is 4.13. The third-order valence-corrected chi connectivity index (χ3v) is 5.33. The summed E-state index contributed by atoms with van der Waals surface area (Å²) < 4.78 is 11.0. The molecule has 1 saturated heterocycles. The molecule has 1 aliphatic rings. The molecule has 2 aromatic heterocycles. The maximum Gasteiger partial charge on any atom is 0.191 e. The Balaban J connectivity index is 1.44. The smallest absolute Gasteiger partial charge is 0.191 e. The fraction of sp³-hybridized carbons (Fsp3) is 0.409. The van der Waals surface area contributed by atoms with Gasteiger partial charge in [0.1, 0.15) is 0 Å². The summed E-state index contributed by atoms with van der Waals surface area (Å²) in [6, 6.07) is 8.07. The normalized spacial score (nSPS) is 15.9. The van der Waals surface area contributed by atoms with Gasteiger partial charge < -0.3 is 9.15 Å². The highest BCUT2D eigenvalue weighted by Crippen LogP contribution is 2.25. The Morgan fingerprint density at radius 2 is 2.00 bits per heavy atom. The molecule has 146 valence electrons. The van der Waals surface area contributed by atoms with Gasteiger partial charge in [0.25, 0.3) is 0 Å². The number of ether oxygens (including phenoxy) is 1. The molecule has 1 aliphatic heterocycles. The topological polar surface area (TPSA) is 68.5 Å². The summed E-state index contributed by atoms with van der Waals surface area (Å²) in [6.07, 6.45) is 6.22. The van der Waals surface area contributed by atoms with Gasteiger partial charge in [-0.05, 0) is 30.4 Å². The minimum absolute atomic E-state index is 0.199. The zero-order valence-corrected chi connectivity index (χ0v) is 16.4. The molecule has 28 heavy (non-hydrogen) atoms. The van der Waals surface area contributed by atoms with Crippen molar-refractivity contribution in [2.24, 2.45) is 0 Å². The SMILES string of the molecule is COC1CCN(CC(=O)Cc2cc3cc(-c4cnc(C)o4)ccc3cn2)CC1. The van der Waals surface area contributed by atoms with E-state index in [4.69, 9.17) is 9.15 Å². The molecule has 3 heterocycles. The van der Waals surface area contributed by atoms with Crippen molar-refractivity contribution in [3.8, 4) is 11.3 Å². The number of oxazole rings is 1. The van der Waals surface area contributed by atoms with Gasteiger partial charge in [0.15, 0.2) is 17.4 Å². The number of carbonyl (C=O) groups is 1. The molecule has 0 bridgehead atoms. The van der Waals surface area contributed by atoms with Crippen molar-refractivity contribution in [3.05, 3.63) is 48.2 Å². The van der Waals surface area contributed by atoms with Crippen molar-refractivity contribution in [1.82, 2.24) is 14.9 Å². The Kier molecular flexibility index (Phi) is 5.50. The third-order valence-electron chi connectivity index (χ3n) is 5.33. The van der Waals surface area contributed by atoms with Crippen LogP contribution < -0.4 is 0 Å². The zero-order chi connectivity index (χ0) is 19.5. The number of methoxy groups -OCH3 is 1. The molecule has 0 amide bonds. The molecular weight excluding hydrogens is 354 g/mol. The Labute approximate surface area is 164 Å². The predicted molar refractivity (Wildman–Crippen MR) is 107 cm³/mol. The Hall–Kier alpha value is -2.57. The Morgan fingerprint density at radius 1 is 1.18 bits per heavy atom. The maximum absolute atomic E-state index is 12.5. The number of piperidine rings is 1. The fourth-order valence-electron chi connectivity index (χ4n) is 3.74. The number of hydrogen-bond donors (Lipinski definition) is 0. The van der Waals surface area contributed by atoms with E-state index in [-0.39, 0.29) is 5.78 Å². The standard InChI is InChI=1S/C22H25N3O3/c1-15-23-13-22(28-15)16-3-4-17-12-24-19(10-18(17)9-16)11-20(26)14-25-7-5-21(27-2)6-8-25/h3-4,9-10,12-13,21H,5-8,11,14H2,1-2H3. The van der Waals surface area contributed by atoms with Gasteiger partial charge in [0.2, 0.25) is 0 Å². The number of aromatic nitrogens is 2. The number of hydrogen-bond acceptors (Lipinski definition) is 6. The first-order valence-electron chi connectivity index (χ1n) is 9.69. The molecule has 0 saturated carbocycles. The molecule has 4 rings (SSSR count). The minimum Gasteiger partial charge on any atom is -0.441 e. The lowest BCUT2D eigenvalue weighted by Gasteiger charge is -2.30. The highest BCUT2D eigenvalue weighted by Gasteiger charge is 2.20. The van der Waals surface area contributed by atoms with Crippen LogP contribution in [0.5, 0.6) is 0 Å². The van der Waals surface area contributed by atoms with E-state index >= 15 is 0 Å². The number of nitrogens with zero attached hydrogens (tertiary/aromatic N) is 3. The second kappa shape index (κ2) is 8.20. The van der Waals surface area contributed by atoms with Crippen LogP contribution in [-0.2, 0) is 16.0 Å². The van der Waals surface area contributed by atoms with Crippen molar-refractivity contribution in [2.45, 2.75) is 32.3 Å². The molecule has 0 radical (unpaired) electrons. The molecule has 6 heteroatoms. The van der Waals surface area contributed by atoms with Gasteiger partial charge in [0, 0.05) is 50.0 Å². The van der Waals surface area contributed by atoms with Crippen LogP contribution in [0, 0.1) is 6.92 Å². The summed E-state index contributed by atoms with van der Waals surface area (Å²) in [7, 11) is 1.76. The minimum atomic E-state index is 0.199. The van der Waals surface area contributed by atoms with Crippen molar-refractivity contribution in [3.63, 3.8) is 0 Å². The first-order chi connectivity index (χ1) is 13.6. The van der Waals surface area contributed by atoms with Gasteiger partial charge in [-0.2, -0.15) is 0 Å². The molecule has 0 aliphatic carbocycles. The van der Waals surface area contributed by atoms with E-state index < -0.39 is 0 Å². The first-order valence-corrected chi connectivity index (χ1v) is 9.69. The van der Waals surface area contributed by atoms with Crippen molar-refractivity contribution in [1.29, 1.82) is 0 Å². The van der Waals surface area contributed by atoms with Gasteiger partial charge in [-0.15, -0.1) is 0 Å². The van der Waals surface area contributed by atoms with Crippen LogP contribution in [-0.4, -0.2) is 53.5 Å². The van der Waals surface area contributed by atoms with Crippen LogP contribution in [0.25, 0.3) is 22.1 Å². The van der Waals surface area contributed by atoms with Crippen molar-refractivity contribution < 1.29 is 13.9 Å². The van der Waals surface area contributed by atoms with E-state index in [1.54, 1.807) is 13.3 Å². The summed E-state index contributed by atoms with van der Waals surface area (Å²) in [5.74, 6) is 1.59. The van der Waals surface area contributed by atoms with Crippen LogP contribution in [0.3, 0.4) is 0 Å². The van der Waals surface area contributed by atoms with Crippen LogP contribution in [0.15, 0.2) is 41.1 Å². The highest BCUT2D eigenvalue weighted by molar-refractivity contribution is 5.88. The average molecular weight is 379 g/mol. The lowest BCUT2D eigenvalue weighted by molar-refractivity contribution is -0.120. The zero-order valence-electron chi connectivity index (χ0n) is 16.4. The maximum atomic E-state index is 12.5. The van der Waals surface area contributed by atoms with Crippen molar-refractivity contribution in [2.75, 3.05) is 26.7 Å². The quantitative estimate of drug-likeness (QED) is 0.654. The average Bonchev–Trinajstić information content (AvgIpc) is 3.14. The predicted octanol–water partition coefficient (Wildman–Crippen LogP) is 3.42. The molecular formula is C22H25N3O3. The van der Waals surface area contributed by atoms with Crippen LogP contribution >= 0.6 is 0 Å². The third kappa shape index (κ3) is 4.29. The van der Waals surface area contributed by atoms with Gasteiger partial charge in [0.05, 0.1) is 25.3 Å². The molecule has 3 aromatic rings. The van der Waals surface area contributed by atoms with E-state index in [0.29, 0.717) is 25.0 Å². The molecule has 6 nitrogen and oxygen atoms in total. The number of aryl methyl sites for hydroxylation is 1. The molecule has 0 N–H and O–H groups in total. The fourth-order valence-corrected chi connectivity index (χ4v) is 3.74. The van der Waals surface area contributed by atoms with E-state index in [2.05, 4.69) is 20.9 Å². The highest BCUT2D eigenvalue weighted by atomic mass is 16.5. The molecule has 1 aromatic carbocycles. The van der Waals surface area contributed by atoms with Crippen LogP contribution in [0.2, 0.25) is 0 Å². The van der Waals surface area contributed by atoms with Gasteiger partial charge in [-0.1, -0.05) is 12.1 Å². The number of ketones is 1. The molecule has 0 spiro atoms. The number of rotatable bonds is 6. The summed E-state index contributed by atoms with van der Waals surface area (Å²) in [5, 5.41) is 2.09. The summed E-state index contributed by atoms with van der Waals surface area (Å²) >= 11 is 0. The summed E-state index contributed by atoms with van der Waals surface area (Å²) in [4.78, 5) is 23.4. The lowest BCUT2D eigenvalue weighted by Crippen LogP contribution is -2.39. The number of benzene rings is 1. The largest absolute Gasteiger partial charge is 0.441 e. The van der Waals surface area contributed by atoms with E-state index in [0.717, 1.165) is 53.7 Å². The lowest BCUT2D eigenvalue weighted by atomic mass is 10.0. The number of fused-ring (bicyclic) bond motifs is 1.